The molecule has 0 aliphatic carbocycles. The van der Waals surface area contributed by atoms with Crippen molar-refractivity contribution in [3.8, 4) is 0 Å². The first-order chi connectivity index (χ1) is 5.16. The summed E-state index contributed by atoms with van der Waals surface area (Å²) in [5.41, 5.74) is 0.481. The average Bonchev–Trinajstić information content (AvgIpc) is 2.30. The highest BCUT2D eigenvalue weighted by molar-refractivity contribution is 14.1. The first-order valence-corrected chi connectivity index (χ1v) is 4.53. The van der Waals surface area contributed by atoms with Gasteiger partial charge in [-0.3, -0.25) is 9.48 Å². The van der Waals surface area contributed by atoms with Crippen molar-refractivity contribution in [3.63, 3.8) is 0 Å². The number of carbonyl (C=O) groups is 1. The van der Waals surface area contributed by atoms with E-state index < -0.39 is 0 Å². The Kier molecular flexibility index (Phi) is 2.89. The molecule has 1 aromatic heterocycles. The molecular weight excluding hydrogens is 278 g/mol. The van der Waals surface area contributed by atoms with Crippen molar-refractivity contribution in [3.05, 3.63) is 16.9 Å². The lowest BCUT2D eigenvalue weighted by Crippen LogP contribution is -2.04. The van der Waals surface area contributed by atoms with E-state index in [0.717, 1.165) is 0 Å². The van der Waals surface area contributed by atoms with E-state index in [-0.39, 0.29) is 3.79 Å². The van der Waals surface area contributed by atoms with Crippen molar-refractivity contribution in [2.45, 2.75) is 13.5 Å². The molecule has 3 nitrogen and oxygen atoms in total. The molecule has 0 aromatic carbocycles. The normalized spacial score (nSPS) is 10.1. The van der Waals surface area contributed by atoms with Crippen molar-refractivity contribution in [1.29, 1.82) is 0 Å². The Morgan fingerprint density at radius 2 is 2.55 bits per heavy atom. The van der Waals surface area contributed by atoms with Gasteiger partial charge in [0.2, 0.25) is 3.79 Å². The molecule has 0 amide bonds. The summed E-state index contributed by atoms with van der Waals surface area (Å²) in [4.78, 5) is 10.9. The first-order valence-electron chi connectivity index (χ1n) is 3.08. The lowest BCUT2D eigenvalue weighted by molar-refractivity contribution is 0.109. The second kappa shape index (κ2) is 3.53. The lowest BCUT2D eigenvalue weighted by Gasteiger charge is -1.98. The van der Waals surface area contributed by atoms with E-state index in [0.29, 0.717) is 17.3 Å². The zero-order valence-electron chi connectivity index (χ0n) is 5.84. The highest BCUT2D eigenvalue weighted by Gasteiger charge is 2.12. The molecule has 0 N–H and O–H groups in total. The molecule has 0 saturated heterocycles. The van der Waals surface area contributed by atoms with Crippen molar-refractivity contribution in [2.75, 3.05) is 0 Å². The maximum Gasteiger partial charge on any atom is 0.241 e. The molecule has 0 bridgehead atoms. The van der Waals surface area contributed by atoms with E-state index >= 15 is 0 Å². The molecule has 1 aromatic rings. The van der Waals surface area contributed by atoms with Crippen LogP contribution in [0.4, 0.5) is 0 Å². The number of hydrogen-bond donors (Lipinski definition) is 0. The van der Waals surface area contributed by atoms with Crippen LogP contribution in [0.5, 0.6) is 0 Å². The minimum Gasteiger partial charge on any atom is -0.280 e. The number of hydrogen-bond acceptors (Lipinski definition) is 2. The number of carbonyl (C=O) groups excluding carboxylic acids is 1. The largest absolute Gasteiger partial charge is 0.280 e. The number of aromatic nitrogens is 2. The van der Waals surface area contributed by atoms with Gasteiger partial charge in [0, 0.05) is 29.1 Å². The van der Waals surface area contributed by atoms with Crippen molar-refractivity contribution in [1.82, 2.24) is 9.78 Å². The molecule has 0 saturated carbocycles. The Balaban J connectivity index is 3.17. The standard InChI is InChI=1S/C6H6ClIN2O/c1-2-10-5(6(8)11)4(7)3-9-10/h3H,2H2,1H3. The minimum absolute atomic E-state index is 0.0769. The van der Waals surface area contributed by atoms with Gasteiger partial charge in [-0.2, -0.15) is 5.10 Å². The van der Waals surface area contributed by atoms with Gasteiger partial charge in [0.05, 0.1) is 11.2 Å². The fraction of sp³-hybridized carbons (Fsp3) is 0.333. The van der Waals surface area contributed by atoms with E-state index in [1.165, 1.54) is 6.20 Å². The Morgan fingerprint density at radius 1 is 1.91 bits per heavy atom. The molecule has 0 fully saturated rings. The van der Waals surface area contributed by atoms with E-state index in [1.54, 1.807) is 27.3 Å². The van der Waals surface area contributed by atoms with Gasteiger partial charge in [-0.1, -0.05) is 11.6 Å². The van der Waals surface area contributed by atoms with Gasteiger partial charge in [0.1, 0.15) is 5.69 Å². The monoisotopic (exact) mass is 284 g/mol. The lowest BCUT2D eigenvalue weighted by atomic mass is 10.4. The molecule has 0 spiro atoms. The number of aryl methyl sites for hydroxylation is 1. The molecule has 0 atom stereocenters. The van der Waals surface area contributed by atoms with Crippen molar-refractivity contribution >= 4 is 38.0 Å². The summed E-state index contributed by atoms with van der Waals surface area (Å²) in [5.74, 6) is 0. The maximum absolute atomic E-state index is 10.9. The smallest absolute Gasteiger partial charge is 0.241 e. The van der Waals surface area contributed by atoms with Crippen LogP contribution in [0, 0.1) is 0 Å². The van der Waals surface area contributed by atoms with E-state index in [1.807, 2.05) is 6.92 Å². The Bertz CT molecular complexity index is 284. The van der Waals surface area contributed by atoms with Crippen molar-refractivity contribution < 1.29 is 4.79 Å². The summed E-state index contributed by atoms with van der Waals surface area (Å²) in [6, 6.07) is 0. The second-order valence-corrected chi connectivity index (χ2v) is 3.32. The maximum atomic E-state index is 10.9. The van der Waals surface area contributed by atoms with Gasteiger partial charge >= 0.3 is 0 Å². The van der Waals surface area contributed by atoms with Gasteiger partial charge in [-0.25, -0.2) is 0 Å². The fourth-order valence-corrected chi connectivity index (χ4v) is 1.75. The third-order valence-electron chi connectivity index (χ3n) is 1.28. The zero-order chi connectivity index (χ0) is 8.43. The molecule has 0 radical (unpaired) electrons. The van der Waals surface area contributed by atoms with Gasteiger partial charge in [0.15, 0.2) is 0 Å². The highest BCUT2D eigenvalue weighted by Crippen LogP contribution is 2.17. The van der Waals surface area contributed by atoms with E-state index in [2.05, 4.69) is 5.10 Å². The Morgan fingerprint density at radius 3 is 2.91 bits per heavy atom. The molecule has 0 aliphatic rings. The van der Waals surface area contributed by atoms with Gasteiger partial charge in [-0.15, -0.1) is 0 Å². The zero-order valence-corrected chi connectivity index (χ0v) is 8.76. The van der Waals surface area contributed by atoms with Gasteiger partial charge in [-0.05, 0) is 6.92 Å². The Hall–Kier alpha value is -0.100. The summed E-state index contributed by atoms with van der Waals surface area (Å²) >= 11 is 7.41. The SMILES string of the molecule is CCn1ncc(Cl)c1C(=O)I. The van der Waals surface area contributed by atoms with Crippen LogP contribution in [0.1, 0.15) is 17.4 Å². The van der Waals surface area contributed by atoms with Gasteiger partial charge in [0.25, 0.3) is 0 Å². The highest BCUT2D eigenvalue weighted by atomic mass is 127. The predicted octanol–water partition coefficient (Wildman–Crippen LogP) is 2.13. The summed E-state index contributed by atoms with van der Waals surface area (Å²) in [6.07, 6.45) is 1.48. The molecule has 60 valence electrons. The third-order valence-corrected chi connectivity index (χ3v) is 2.07. The topological polar surface area (TPSA) is 34.9 Å². The summed E-state index contributed by atoms with van der Waals surface area (Å²) in [6.45, 7) is 2.57. The van der Waals surface area contributed by atoms with Crippen LogP contribution >= 0.6 is 34.2 Å². The van der Waals surface area contributed by atoms with Crippen LogP contribution in [-0.4, -0.2) is 13.6 Å². The molecule has 1 heterocycles. The van der Waals surface area contributed by atoms with Crippen LogP contribution in [0.25, 0.3) is 0 Å². The molecule has 0 aliphatic heterocycles. The number of rotatable bonds is 2. The van der Waals surface area contributed by atoms with Gasteiger partial charge < -0.3 is 0 Å². The summed E-state index contributed by atoms with van der Waals surface area (Å²) in [5, 5.41) is 4.34. The number of halogens is 2. The van der Waals surface area contributed by atoms with Crippen LogP contribution < -0.4 is 0 Å². The first kappa shape index (κ1) is 8.99. The third kappa shape index (κ3) is 1.73. The average molecular weight is 284 g/mol. The summed E-state index contributed by atoms with van der Waals surface area (Å²) < 4.78 is 1.50. The molecule has 0 unspecified atom stereocenters. The van der Waals surface area contributed by atoms with E-state index in [9.17, 15) is 4.79 Å². The summed E-state index contributed by atoms with van der Waals surface area (Å²) in [7, 11) is 0. The molecule has 11 heavy (non-hydrogen) atoms. The predicted molar refractivity (Wildman–Crippen MR) is 51.3 cm³/mol. The van der Waals surface area contributed by atoms with E-state index in [4.69, 9.17) is 11.6 Å². The number of nitrogens with zero attached hydrogens (tertiary/aromatic N) is 2. The second-order valence-electron chi connectivity index (χ2n) is 1.93. The van der Waals surface area contributed by atoms with Crippen LogP contribution in [0.15, 0.2) is 6.20 Å². The van der Waals surface area contributed by atoms with Crippen molar-refractivity contribution in [2.24, 2.45) is 0 Å². The molecule has 5 heteroatoms. The fourth-order valence-electron chi connectivity index (χ4n) is 0.798. The quantitative estimate of drug-likeness (QED) is 0.616. The molecular formula is C6H6ClIN2O. The molecule has 1 rings (SSSR count). The minimum atomic E-state index is -0.0769. The van der Waals surface area contributed by atoms with Crippen LogP contribution in [0.2, 0.25) is 5.02 Å². The Labute approximate surface area is 82.9 Å². The van der Waals surface area contributed by atoms with Crippen LogP contribution in [0.3, 0.4) is 0 Å². The van der Waals surface area contributed by atoms with Crippen LogP contribution in [-0.2, 0) is 6.54 Å².